The minimum absolute atomic E-state index is 0.172. The van der Waals surface area contributed by atoms with Crippen molar-refractivity contribution < 1.29 is 4.79 Å². The SMILES string of the molecule is Nc1nc(SCC(=O)N2CCCCCCC2)n[nH]1. The third-order valence-electron chi connectivity index (χ3n) is 3.02. The van der Waals surface area contributed by atoms with Gasteiger partial charge >= 0.3 is 0 Å². The van der Waals surface area contributed by atoms with Gasteiger partial charge in [0.05, 0.1) is 5.75 Å². The molecule has 100 valence electrons. The van der Waals surface area contributed by atoms with Crippen LogP contribution in [-0.2, 0) is 4.79 Å². The molecular weight excluding hydrogens is 250 g/mol. The molecular formula is C11H19N5OS. The van der Waals surface area contributed by atoms with Crippen LogP contribution < -0.4 is 5.73 Å². The summed E-state index contributed by atoms with van der Waals surface area (Å²) in [6.07, 6.45) is 5.99. The third kappa shape index (κ3) is 3.90. The van der Waals surface area contributed by atoms with Gasteiger partial charge in [-0.3, -0.25) is 4.79 Å². The Kier molecular flexibility index (Phi) is 4.86. The first-order valence-electron chi connectivity index (χ1n) is 6.34. The lowest BCUT2D eigenvalue weighted by Gasteiger charge is -2.24. The Bertz CT molecular complexity index is 387. The van der Waals surface area contributed by atoms with E-state index < -0.39 is 0 Å². The number of H-pyrrole nitrogens is 1. The molecule has 1 aliphatic rings. The Morgan fingerprint density at radius 1 is 1.28 bits per heavy atom. The lowest BCUT2D eigenvalue weighted by atomic mass is 10.1. The van der Waals surface area contributed by atoms with E-state index in [1.54, 1.807) is 0 Å². The summed E-state index contributed by atoms with van der Waals surface area (Å²) < 4.78 is 0. The van der Waals surface area contributed by atoms with E-state index in [9.17, 15) is 4.79 Å². The maximum atomic E-state index is 12.1. The summed E-state index contributed by atoms with van der Waals surface area (Å²) in [6, 6.07) is 0. The zero-order chi connectivity index (χ0) is 12.8. The number of nitrogens with zero attached hydrogens (tertiary/aromatic N) is 3. The number of anilines is 1. The van der Waals surface area contributed by atoms with E-state index in [0.29, 0.717) is 10.9 Å². The number of aromatic amines is 1. The van der Waals surface area contributed by atoms with Gasteiger partial charge < -0.3 is 10.6 Å². The van der Waals surface area contributed by atoms with E-state index in [1.165, 1.54) is 31.0 Å². The Morgan fingerprint density at radius 2 is 1.94 bits per heavy atom. The minimum Gasteiger partial charge on any atom is -0.368 e. The molecule has 0 spiro atoms. The number of hydrogen-bond donors (Lipinski definition) is 2. The number of thioether (sulfide) groups is 1. The van der Waals surface area contributed by atoms with Crippen molar-refractivity contribution >= 4 is 23.6 Å². The van der Waals surface area contributed by atoms with Crippen molar-refractivity contribution in [1.82, 2.24) is 20.1 Å². The number of carbonyl (C=O) groups is 1. The molecule has 0 radical (unpaired) electrons. The van der Waals surface area contributed by atoms with E-state index in [1.807, 2.05) is 4.90 Å². The summed E-state index contributed by atoms with van der Waals surface area (Å²) in [6.45, 7) is 1.77. The zero-order valence-electron chi connectivity index (χ0n) is 10.4. The fraction of sp³-hybridized carbons (Fsp3) is 0.727. The number of carbonyl (C=O) groups excluding carboxylic acids is 1. The van der Waals surface area contributed by atoms with Crippen LogP contribution in [-0.4, -0.2) is 44.8 Å². The molecule has 0 aromatic carbocycles. The lowest BCUT2D eigenvalue weighted by Crippen LogP contribution is -2.35. The summed E-state index contributed by atoms with van der Waals surface area (Å²) >= 11 is 1.33. The Hall–Kier alpha value is -1.24. The predicted molar refractivity (Wildman–Crippen MR) is 71.2 cm³/mol. The number of amides is 1. The summed E-state index contributed by atoms with van der Waals surface area (Å²) in [7, 11) is 0. The van der Waals surface area contributed by atoms with Crippen LogP contribution >= 0.6 is 11.8 Å². The predicted octanol–water partition coefficient (Wildman–Crippen LogP) is 1.27. The van der Waals surface area contributed by atoms with Crippen LogP contribution in [0, 0.1) is 0 Å². The maximum absolute atomic E-state index is 12.1. The number of hydrogen-bond acceptors (Lipinski definition) is 5. The molecule has 18 heavy (non-hydrogen) atoms. The standard InChI is InChI=1S/C11H19N5OS/c12-10-13-11(15-14-10)18-8-9(17)16-6-4-2-1-3-5-7-16/h1-8H2,(H3,12,13,14,15). The van der Waals surface area contributed by atoms with Gasteiger partial charge in [-0.15, -0.1) is 5.10 Å². The van der Waals surface area contributed by atoms with Crippen LogP contribution in [0.25, 0.3) is 0 Å². The van der Waals surface area contributed by atoms with Crippen LogP contribution in [0.4, 0.5) is 5.95 Å². The monoisotopic (exact) mass is 269 g/mol. The normalized spacial score (nSPS) is 17.2. The highest BCUT2D eigenvalue weighted by Crippen LogP contribution is 2.16. The largest absolute Gasteiger partial charge is 0.368 e. The van der Waals surface area contributed by atoms with E-state index >= 15 is 0 Å². The number of likely N-dealkylation sites (tertiary alicyclic amines) is 1. The van der Waals surface area contributed by atoms with Gasteiger partial charge in [0, 0.05) is 13.1 Å². The highest BCUT2D eigenvalue weighted by Gasteiger charge is 2.15. The molecule has 1 aliphatic heterocycles. The van der Waals surface area contributed by atoms with Crippen LogP contribution in [0.5, 0.6) is 0 Å². The number of aromatic nitrogens is 3. The van der Waals surface area contributed by atoms with Gasteiger partial charge in [-0.25, -0.2) is 5.10 Å². The summed E-state index contributed by atoms with van der Waals surface area (Å²) in [5.41, 5.74) is 5.43. The maximum Gasteiger partial charge on any atom is 0.233 e. The highest BCUT2D eigenvalue weighted by molar-refractivity contribution is 7.99. The molecule has 1 fully saturated rings. The van der Waals surface area contributed by atoms with E-state index in [4.69, 9.17) is 5.73 Å². The first-order chi connectivity index (χ1) is 8.75. The van der Waals surface area contributed by atoms with Gasteiger partial charge in [0.2, 0.25) is 17.0 Å². The Labute approximate surface area is 111 Å². The quantitative estimate of drug-likeness (QED) is 0.807. The molecule has 2 heterocycles. The average Bonchev–Trinajstić information content (AvgIpc) is 2.72. The second-order valence-corrected chi connectivity index (χ2v) is 5.38. The van der Waals surface area contributed by atoms with Crippen molar-refractivity contribution in [1.29, 1.82) is 0 Å². The van der Waals surface area contributed by atoms with Crippen LogP contribution in [0.1, 0.15) is 32.1 Å². The summed E-state index contributed by atoms with van der Waals surface area (Å²) in [5, 5.41) is 6.99. The van der Waals surface area contributed by atoms with Gasteiger partial charge in [-0.1, -0.05) is 31.0 Å². The molecule has 0 saturated carbocycles. The van der Waals surface area contributed by atoms with Gasteiger partial charge in [0.25, 0.3) is 0 Å². The van der Waals surface area contributed by atoms with Crippen molar-refractivity contribution in [3.8, 4) is 0 Å². The molecule has 0 aliphatic carbocycles. The van der Waals surface area contributed by atoms with Crippen molar-refractivity contribution in [3.63, 3.8) is 0 Å². The molecule has 1 aromatic heterocycles. The summed E-state index contributed by atoms with van der Waals surface area (Å²) in [5.74, 6) is 0.846. The molecule has 2 rings (SSSR count). The molecule has 1 saturated heterocycles. The smallest absolute Gasteiger partial charge is 0.233 e. The molecule has 1 amide bonds. The van der Waals surface area contributed by atoms with Crippen LogP contribution in [0.3, 0.4) is 0 Å². The van der Waals surface area contributed by atoms with Crippen molar-refractivity contribution in [2.45, 2.75) is 37.3 Å². The molecule has 1 aromatic rings. The molecule has 3 N–H and O–H groups in total. The fourth-order valence-electron chi connectivity index (χ4n) is 2.04. The number of nitrogens with two attached hydrogens (primary N) is 1. The zero-order valence-corrected chi connectivity index (χ0v) is 11.2. The summed E-state index contributed by atoms with van der Waals surface area (Å²) in [4.78, 5) is 18.0. The van der Waals surface area contributed by atoms with Crippen LogP contribution in [0.2, 0.25) is 0 Å². The molecule has 6 nitrogen and oxygen atoms in total. The number of nitrogen functional groups attached to an aromatic ring is 1. The Morgan fingerprint density at radius 3 is 2.56 bits per heavy atom. The molecule has 7 heteroatoms. The molecule has 0 unspecified atom stereocenters. The number of nitrogens with one attached hydrogen (secondary N) is 1. The third-order valence-corrected chi connectivity index (χ3v) is 3.85. The first kappa shape index (κ1) is 13.2. The first-order valence-corrected chi connectivity index (χ1v) is 7.33. The van der Waals surface area contributed by atoms with E-state index in [2.05, 4.69) is 15.2 Å². The highest BCUT2D eigenvalue weighted by atomic mass is 32.2. The lowest BCUT2D eigenvalue weighted by molar-refractivity contribution is -0.128. The van der Waals surface area contributed by atoms with Gasteiger partial charge in [0.1, 0.15) is 0 Å². The Balaban J connectivity index is 1.79. The van der Waals surface area contributed by atoms with Crippen molar-refractivity contribution in [3.05, 3.63) is 0 Å². The molecule has 0 bridgehead atoms. The van der Waals surface area contributed by atoms with Crippen molar-refractivity contribution in [2.24, 2.45) is 0 Å². The fourth-order valence-corrected chi connectivity index (χ4v) is 2.75. The topological polar surface area (TPSA) is 87.9 Å². The van der Waals surface area contributed by atoms with E-state index in [0.717, 1.165) is 25.9 Å². The van der Waals surface area contributed by atoms with Crippen LogP contribution in [0.15, 0.2) is 5.16 Å². The van der Waals surface area contributed by atoms with Gasteiger partial charge in [-0.05, 0) is 12.8 Å². The van der Waals surface area contributed by atoms with Gasteiger partial charge in [0.15, 0.2) is 0 Å². The van der Waals surface area contributed by atoms with Gasteiger partial charge in [-0.2, -0.15) is 4.98 Å². The average molecular weight is 269 g/mol. The minimum atomic E-state index is 0.172. The molecule has 0 atom stereocenters. The second kappa shape index (κ2) is 6.63. The van der Waals surface area contributed by atoms with Crippen molar-refractivity contribution in [2.75, 3.05) is 24.6 Å². The van der Waals surface area contributed by atoms with E-state index in [-0.39, 0.29) is 11.9 Å². The number of rotatable bonds is 3. The second-order valence-electron chi connectivity index (χ2n) is 4.44.